The van der Waals surface area contributed by atoms with Gasteiger partial charge in [0.1, 0.15) is 5.75 Å². The van der Waals surface area contributed by atoms with Crippen molar-refractivity contribution in [2.75, 3.05) is 19.6 Å². The van der Waals surface area contributed by atoms with Crippen molar-refractivity contribution in [2.45, 2.75) is 26.3 Å². The molecule has 1 fully saturated rings. The molecule has 1 aliphatic rings. The van der Waals surface area contributed by atoms with Crippen LogP contribution in [0.2, 0.25) is 0 Å². The molecule has 1 aliphatic heterocycles. The molecule has 1 saturated heterocycles. The standard InChI is InChI=1S/C15H21BrN2O2/c1-3-17-13-6-7-18(9-10(13)2)15(20)12-5-4-11(16)8-14(12)19/h4-5,8,10,13,17,19H,3,6-7,9H2,1-2H3. The second-order valence-electron chi connectivity index (χ2n) is 5.34. The van der Waals surface area contributed by atoms with Gasteiger partial charge in [0.25, 0.3) is 5.91 Å². The first-order valence-electron chi connectivity index (χ1n) is 7.04. The van der Waals surface area contributed by atoms with Gasteiger partial charge in [-0.1, -0.05) is 29.8 Å². The number of phenolic OH excluding ortho intramolecular Hbond substituents is 1. The molecule has 110 valence electrons. The number of nitrogens with one attached hydrogen (secondary N) is 1. The van der Waals surface area contributed by atoms with E-state index < -0.39 is 0 Å². The van der Waals surface area contributed by atoms with E-state index in [4.69, 9.17) is 0 Å². The van der Waals surface area contributed by atoms with Crippen molar-refractivity contribution in [3.8, 4) is 5.75 Å². The molecule has 0 bridgehead atoms. The van der Waals surface area contributed by atoms with Crippen LogP contribution in [-0.4, -0.2) is 41.6 Å². The van der Waals surface area contributed by atoms with Gasteiger partial charge < -0.3 is 15.3 Å². The van der Waals surface area contributed by atoms with E-state index in [2.05, 4.69) is 35.1 Å². The Morgan fingerprint density at radius 2 is 2.30 bits per heavy atom. The van der Waals surface area contributed by atoms with Gasteiger partial charge in [-0.25, -0.2) is 0 Å². The van der Waals surface area contributed by atoms with Crippen LogP contribution >= 0.6 is 15.9 Å². The highest BCUT2D eigenvalue weighted by molar-refractivity contribution is 9.10. The normalized spacial score (nSPS) is 22.9. The molecule has 1 aromatic carbocycles. The average molecular weight is 341 g/mol. The zero-order chi connectivity index (χ0) is 14.7. The Morgan fingerprint density at radius 3 is 2.90 bits per heavy atom. The summed E-state index contributed by atoms with van der Waals surface area (Å²) in [5, 5.41) is 13.4. The second-order valence-corrected chi connectivity index (χ2v) is 6.26. The minimum absolute atomic E-state index is 0.0332. The molecule has 0 saturated carbocycles. The van der Waals surface area contributed by atoms with Crippen molar-refractivity contribution < 1.29 is 9.90 Å². The average Bonchev–Trinajstić information content (AvgIpc) is 2.40. The lowest BCUT2D eigenvalue weighted by Gasteiger charge is -2.37. The SMILES string of the molecule is CCNC1CCN(C(=O)c2ccc(Br)cc2O)CC1C. The predicted molar refractivity (Wildman–Crippen MR) is 83.0 cm³/mol. The fourth-order valence-corrected chi connectivity index (χ4v) is 3.10. The summed E-state index contributed by atoms with van der Waals surface area (Å²) in [7, 11) is 0. The maximum absolute atomic E-state index is 12.5. The van der Waals surface area contributed by atoms with Gasteiger partial charge in [0.2, 0.25) is 0 Å². The molecule has 1 aromatic rings. The van der Waals surface area contributed by atoms with Gasteiger partial charge in [-0.15, -0.1) is 0 Å². The summed E-state index contributed by atoms with van der Waals surface area (Å²) in [4.78, 5) is 14.3. The molecule has 4 nitrogen and oxygen atoms in total. The Labute approximate surface area is 128 Å². The molecule has 20 heavy (non-hydrogen) atoms. The fraction of sp³-hybridized carbons (Fsp3) is 0.533. The van der Waals surface area contributed by atoms with E-state index in [1.807, 2.05) is 4.90 Å². The summed E-state index contributed by atoms with van der Waals surface area (Å²) < 4.78 is 0.769. The first-order valence-corrected chi connectivity index (χ1v) is 7.83. The van der Waals surface area contributed by atoms with E-state index in [-0.39, 0.29) is 11.7 Å². The van der Waals surface area contributed by atoms with Crippen molar-refractivity contribution in [3.05, 3.63) is 28.2 Å². The quantitative estimate of drug-likeness (QED) is 0.889. The molecule has 2 N–H and O–H groups in total. The van der Waals surface area contributed by atoms with Gasteiger partial charge in [0.05, 0.1) is 5.56 Å². The number of likely N-dealkylation sites (tertiary alicyclic amines) is 1. The summed E-state index contributed by atoms with van der Waals surface area (Å²) in [6, 6.07) is 5.48. The first kappa shape index (κ1) is 15.3. The molecule has 5 heteroatoms. The van der Waals surface area contributed by atoms with Gasteiger partial charge in [-0.3, -0.25) is 4.79 Å². The zero-order valence-corrected chi connectivity index (χ0v) is 13.5. The Kier molecular flexibility index (Phi) is 5.05. The van der Waals surface area contributed by atoms with Crippen molar-refractivity contribution in [1.82, 2.24) is 10.2 Å². The Balaban J connectivity index is 2.07. The van der Waals surface area contributed by atoms with Crippen molar-refractivity contribution in [3.63, 3.8) is 0 Å². The minimum atomic E-state index is -0.0863. The van der Waals surface area contributed by atoms with Crippen LogP contribution in [0.25, 0.3) is 0 Å². The fourth-order valence-electron chi connectivity index (χ4n) is 2.75. The molecule has 2 unspecified atom stereocenters. The number of aromatic hydroxyl groups is 1. The van der Waals surface area contributed by atoms with E-state index in [0.29, 0.717) is 17.5 Å². The number of nitrogens with zero attached hydrogens (tertiary/aromatic N) is 1. The topological polar surface area (TPSA) is 52.6 Å². The summed E-state index contributed by atoms with van der Waals surface area (Å²) in [5.74, 6) is 0.368. The number of benzene rings is 1. The van der Waals surface area contributed by atoms with Gasteiger partial charge in [0, 0.05) is 23.6 Å². The van der Waals surface area contributed by atoms with Gasteiger partial charge >= 0.3 is 0 Å². The third-order valence-corrected chi connectivity index (χ3v) is 4.34. The summed E-state index contributed by atoms with van der Waals surface area (Å²) in [5.41, 5.74) is 0.377. The molecule has 1 amide bonds. The lowest BCUT2D eigenvalue weighted by atomic mass is 9.93. The molecular formula is C15H21BrN2O2. The summed E-state index contributed by atoms with van der Waals surface area (Å²) in [6.07, 6.45) is 0.956. The van der Waals surface area contributed by atoms with Crippen LogP contribution in [0.5, 0.6) is 5.75 Å². The van der Waals surface area contributed by atoms with E-state index in [1.54, 1.807) is 18.2 Å². The smallest absolute Gasteiger partial charge is 0.257 e. The number of hydrogen-bond donors (Lipinski definition) is 2. The number of halogens is 1. The Bertz CT molecular complexity index is 493. The maximum atomic E-state index is 12.5. The van der Waals surface area contributed by atoms with Gasteiger partial charge in [0.15, 0.2) is 0 Å². The van der Waals surface area contributed by atoms with Crippen LogP contribution in [0.1, 0.15) is 30.6 Å². The van der Waals surface area contributed by atoms with E-state index in [0.717, 1.165) is 30.5 Å². The highest BCUT2D eigenvalue weighted by Gasteiger charge is 2.29. The number of phenols is 1. The number of carbonyl (C=O) groups is 1. The lowest BCUT2D eigenvalue weighted by Crippen LogP contribution is -2.50. The van der Waals surface area contributed by atoms with Crippen molar-refractivity contribution >= 4 is 21.8 Å². The highest BCUT2D eigenvalue weighted by atomic mass is 79.9. The summed E-state index contributed by atoms with van der Waals surface area (Å²) in [6.45, 7) is 6.68. The summed E-state index contributed by atoms with van der Waals surface area (Å²) >= 11 is 3.28. The lowest BCUT2D eigenvalue weighted by molar-refractivity contribution is 0.0643. The van der Waals surface area contributed by atoms with Crippen LogP contribution in [0.15, 0.2) is 22.7 Å². The second kappa shape index (κ2) is 6.59. The highest BCUT2D eigenvalue weighted by Crippen LogP contribution is 2.25. The predicted octanol–water partition coefficient (Wildman–Crippen LogP) is 2.61. The maximum Gasteiger partial charge on any atom is 0.257 e. The molecule has 0 aliphatic carbocycles. The largest absolute Gasteiger partial charge is 0.507 e. The van der Waals surface area contributed by atoms with Gasteiger partial charge in [-0.2, -0.15) is 0 Å². The Hall–Kier alpha value is -1.07. The third kappa shape index (κ3) is 3.33. The van der Waals surface area contributed by atoms with Crippen LogP contribution in [0, 0.1) is 5.92 Å². The zero-order valence-electron chi connectivity index (χ0n) is 11.9. The van der Waals surface area contributed by atoms with Crippen molar-refractivity contribution in [1.29, 1.82) is 0 Å². The van der Waals surface area contributed by atoms with Crippen molar-refractivity contribution in [2.24, 2.45) is 5.92 Å². The van der Waals surface area contributed by atoms with Gasteiger partial charge in [-0.05, 0) is 37.1 Å². The van der Waals surface area contributed by atoms with E-state index >= 15 is 0 Å². The molecule has 2 atom stereocenters. The molecule has 1 heterocycles. The van der Waals surface area contributed by atoms with E-state index in [9.17, 15) is 9.90 Å². The number of rotatable bonds is 3. The molecule has 0 radical (unpaired) electrons. The first-order chi connectivity index (χ1) is 9.52. The molecule has 0 spiro atoms. The molecule has 2 rings (SSSR count). The molecule has 0 aromatic heterocycles. The number of hydrogen-bond acceptors (Lipinski definition) is 3. The van der Waals surface area contributed by atoms with Crippen LogP contribution in [0.4, 0.5) is 0 Å². The van der Waals surface area contributed by atoms with Crippen LogP contribution in [0.3, 0.4) is 0 Å². The van der Waals surface area contributed by atoms with Crippen LogP contribution < -0.4 is 5.32 Å². The number of carbonyl (C=O) groups excluding carboxylic acids is 1. The number of piperidine rings is 1. The molecular weight excluding hydrogens is 320 g/mol. The monoisotopic (exact) mass is 340 g/mol. The number of amides is 1. The van der Waals surface area contributed by atoms with E-state index in [1.165, 1.54) is 0 Å². The Morgan fingerprint density at radius 1 is 1.55 bits per heavy atom. The van der Waals surface area contributed by atoms with Crippen LogP contribution in [-0.2, 0) is 0 Å². The minimum Gasteiger partial charge on any atom is -0.507 e. The third-order valence-electron chi connectivity index (χ3n) is 3.85.